The highest BCUT2D eigenvalue weighted by Gasteiger charge is 2.36. The maximum Gasteiger partial charge on any atom is 0.256 e. The third-order valence-electron chi connectivity index (χ3n) is 4.95. The molecule has 5 heteroatoms. The first-order valence-electron chi connectivity index (χ1n) is 7.82. The summed E-state index contributed by atoms with van der Waals surface area (Å²) in [5, 5.41) is 3.06. The molecule has 1 amide bonds. The van der Waals surface area contributed by atoms with Gasteiger partial charge in [-0.25, -0.2) is 0 Å². The van der Waals surface area contributed by atoms with Crippen molar-refractivity contribution in [2.45, 2.75) is 25.3 Å². The number of pyridine rings is 1. The van der Waals surface area contributed by atoms with Crippen molar-refractivity contribution in [3.8, 4) is 0 Å². The zero-order valence-corrected chi connectivity index (χ0v) is 12.9. The van der Waals surface area contributed by atoms with Crippen LogP contribution in [0.1, 0.15) is 29.6 Å². The first-order valence-corrected chi connectivity index (χ1v) is 7.82. The van der Waals surface area contributed by atoms with E-state index in [-0.39, 0.29) is 5.91 Å². The van der Waals surface area contributed by atoms with Gasteiger partial charge in [0.05, 0.1) is 17.4 Å². The molecule has 2 saturated heterocycles. The summed E-state index contributed by atoms with van der Waals surface area (Å²) in [6, 6.07) is 2.47. The van der Waals surface area contributed by atoms with Crippen molar-refractivity contribution in [3.05, 3.63) is 24.0 Å². The molecule has 0 aromatic carbocycles. The number of anilines is 1. The summed E-state index contributed by atoms with van der Waals surface area (Å²) < 4.78 is 0. The Morgan fingerprint density at radius 3 is 3.05 bits per heavy atom. The van der Waals surface area contributed by atoms with E-state index >= 15 is 0 Å². The maximum atomic E-state index is 12.8. The Morgan fingerprint density at radius 1 is 1.38 bits per heavy atom. The van der Waals surface area contributed by atoms with Gasteiger partial charge >= 0.3 is 0 Å². The second kappa shape index (κ2) is 6.02. The van der Waals surface area contributed by atoms with E-state index in [1.54, 1.807) is 12.4 Å². The van der Waals surface area contributed by atoms with Gasteiger partial charge in [0.2, 0.25) is 0 Å². The summed E-state index contributed by atoms with van der Waals surface area (Å²) in [6.07, 6.45) is 6.99. The molecule has 0 spiro atoms. The molecule has 114 valence electrons. The second-order valence-electron chi connectivity index (χ2n) is 6.16. The van der Waals surface area contributed by atoms with Gasteiger partial charge in [0.25, 0.3) is 5.91 Å². The highest BCUT2D eigenvalue weighted by atomic mass is 16.2. The van der Waals surface area contributed by atoms with Crippen molar-refractivity contribution in [3.63, 3.8) is 0 Å². The van der Waals surface area contributed by atoms with Gasteiger partial charge in [0.1, 0.15) is 0 Å². The van der Waals surface area contributed by atoms with Crippen molar-refractivity contribution >= 4 is 11.6 Å². The third kappa shape index (κ3) is 2.75. The monoisotopic (exact) mass is 288 g/mol. The third-order valence-corrected chi connectivity index (χ3v) is 4.95. The van der Waals surface area contributed by atoms with Crippen LogP contribution in [0, 0.1) is 5.92 Å². The van der Waals surface area contributed by atoms with Crippen LogP contribution in [0.3, 0.4) is 0 Å². The average molecular weight is 288 g/mol. The molecule has 3 rings (SSSR count). The Labute approximate surface area is 126 Å². The van der Waals surface area contributed by atoms with Gasteiger partial charge in [-0.15, -0.1) is 0 Å². The van der Waals surface area contributed by atoms with Crippen LogP contribution in [0.5, 0.6) is 0 Å². The first kappa shape index (κ1) is 14.3. The number of hydrogen-bond acceptors (Lipinski definition) is 4. The Bertz CT molecular complexity index is 519. The summed E-state index contributed by atoms with van der Waals surface area (Å²) in [7, 11) is 4.05. The topological polar surface area (TPSA) is 48.5 Å². The number of rotatable bonds is 2. The summed E-state index contributed by atoms with van der Waals surface area (Å²) in [6.45, 7) is 2.94. The molecule has 1 aromatic rings. The smallest absolute Gasteiger partial charge is 0.256 e. The molecular formula is C16H24N4O. The molecule has 21 heavy (non-hydrogen) atoms. The number of nitrogens with zero attached hydrogens (tertiary/aromatic N) is 3. The van der Waals surface area contributed by atoms with Crippen LogP contribution in [-0.2, 0) is 0 Å². The number of nitrogens with one attached hydrogen (secondary N) is 1. The molecule has 2 aliphatic rings. The van der Waals surface area contributed by atoms with Crippen LogP contribution in [0.4, 0.5) is 5.69 Å². The van der Waals surface area contributed by atoms with Crippen molar-refractivity contribution in [1.29, 1.82) is 0 Å². The molecule has 1 N–H and O–H groups in total. The molecule has 2 fully saturated rings. The summed E-state index contributed by atoms with van der Waals surface area (Å²) in [5.41, 5.74) is 1.54. The van der Waals surface area contributed by atoms with Gasteiger partial charge in [-0.05, 0) is 44.8 Å². The van der Waals surface area contributed by atoms with Crippen molar-refractivity contribution in [2.75, 3.05) is 39.0 Å². The van der Waals surface area contributed by atoms with Crippen LogP contribution >= 0.6 is 0 Å². The maximum absolute atomic E-state index is 12.8. The van der Waals surface area contributed by atoms with Crippen molar-refractivity contribution in [1.82, 2.24) is 14.8 Å². The number of fused-ring (bicyclic) bond motifs is 1. The lowest BCUT2D eigenvalue weighted by Crippen LogP contribution is -2.53. The molecule has 3 heterocycles. The van der Waals surface area contributed by atoms with Crippen LogP contribution < -0.4 is 5.32 Å². The van der Waals surface area contributed by atoms with Gasteiger partial charge in [-0.1, -0.05) is 0 Å². The van der Waals surface area contributed by atoms with Crippen LogP contribution in [-0.4, -0.2) is 60.5 Å². The fourth-order valence-corrected chi connectivity index (χ4v) is 3.79. The number of carbonyl (C=O) groups is 1. The predicted molar refractivity (Wildman–Crippen MR) is 83.4 cm³/mol. The molecule has 5 nitrogen and oxygen atoms in total. The van der Waals surface area contributed by atoms with Crippen molar-refractivity contribution < 1.29 is 4.79 Å². The molecule has 2 atom stereocenters. The van der Waals surface area contributed by atoms with E-state index in [1.165, 1.54) is 19.4 Å². The Hall–Kier alpha value is -1.62. The van der Waals surface area contributed by atoms with Gasteiger partial charge in [-0.3, -0.25) is 9.78 Å². The standard InChI is InChI=1S/C16H24N4O/c1-17-14-10-18-7-5-13(14)16(21)20-9-6-15-12(11-20)4-3-8-19(15)2/h5,7,10,12,15,17H,3-4,6,8-9,11H2,1-2H3. The first-order chi connectivity index (χ1) is 10.2. The predicted octanol–water partition coefficient (Wildman–Crippen LogP) is 1.68. The van der Waals surface area contributed by atoms with Crippen LogP contribution in [0.15, 0.2) is 18.5 Å². The van der Waals surface area contributed by atoms with E-state index < -0.39 is 0 Å². The molecule has 0 saturated carbocycles. The molecule has 2 aliphatic heterocycles. The van der Waals surface area contributed by atoms with E-state index in [2.05, 4.69) is 22.2 Å². The zero-order chi connectivity index (χ0) is 14.8. The number of aromatic nitrogens is 1. The second-order valence-corrected chi connectivity index (χ2v) is 6.16. The minimum Gasteiger partial charge on any atom is -0.386 e. The number of piperidine rings is 2. The van der Waals surface area contributed by atoms with Crippen LogP contribution in [0.2, 0.25) is 0 Å². The van der Waals surface area contributed by atoms with Gasteiger partial charge in [0.15, 0.2) is 0 Å². The largest absolute Gasteiger partial charge is 0.386 e. The minimum absolute atomic E-state index is 0.133. The number of carbonyl (C=O) groups excluding carboxylic acids is 1. The lowest BCUT2D eigenvalue weighted by Gasteiger charge is -2.46. The average Bonchev–Trinajstić information content (AvgIpc) is 2.54. The van der Waals surface area contributed by atoms with Crippen LogP contribution in [0.25, 0.3) is 0 Å². The molecule has 1 aromatic heterocycles. The molecule has 0 radical (unpaired) electrons. The lowest BCUT2D eigenvalue weighted by molar-refractivity contribution is 0.0317. The Balaban J connectivity index is 1.74. The van der Waals surface area contributed by atoms with Gasteiger partial charge in [-0.2, -0.15) is 0 Å². The zero-order valence-electron chi connectivity index (χ0n) is 12.9. The lowest BCUT2D eigenvalue weighted by atomic mass is 9.84. The highest BCUT2D eigenvalue weighted by Crippen LogP contribution is 2.30. The van der Waals surface area contributed by atoms with E-state index in [1.807, 2.05) is 18.0 Å². The molecule has 0 bridgehead atoms. The summed E-state index contributed by atoms with van der Waals surface area (Å²) in [5.74, 6) is 0.759. The van der Waals surface area contributed by atoms with E-state index in [4.69, 9.17) is 0 Å². The molecule has 0 aliphatic carbocycles. The highest BCUT2D eigenvalue weighted by molar-refractivity contribution is 5.99. The fourth-order valence-electron chi connectivity index (χ4n) is 3.79. The number of amides is 1. The summed E-state index contributed by atoms with van der Waals surface area (Å²) in [4.78, 5) is 21.4. The molecule has 2 unspecified atom stereocenters. The van der Waals surface area contributed by atoms with E-state index in [0.717, 1.165) is 30.8 Å². The minimum atomic E-state index is 0.133. The van der Waals surface area contributed by atoms with Gasteiger partial charge in [0, 0.05) is 32.4 Å². The number of hydrogen-bond donors (Lipinski definition) is 1. The fraction of sp³-hybridized carbons (Fsp3) is 0.625. The normalized spacial score (nSPS) is 26.3. The number of likely N-dealkylation sites (tertiary alicyclic amines) is 2. The van der Waals surface area contributed by atoms with Crippen molar-refractivity contribution in [2.24, 2.45) is 5.92 Å². The Kier molecular flexibility index (Phi) is 4.10. The SMILES string of the molecule is CNc1cnccc1C(=O)N1CCC2C(CCCN2C)C1. The van der Waals surface area contributed by atoms with Gasteiger partial charge < -0.3 is 15.1 Å². The Morgan fingerprint density at radius 2 is 2.24 bits per heavy atom. The van der Waals surface area contributed by atoms with E-state index in [9.17, 15) is 4.79 Å². The quantitative estimate of drug-likeness (QED) is 0.899. The van der Waals surface area contributed by atoms with E-state index in [0.29, 0.717) is 12.0 Å². The summed E-state index contributed by atoms with van der Waals surface area (Å²) >= 11 is 0. The molecular weight excluding hydrogens is 264 g/mol.